The van der Waals surface area contributed by atoms with Gasteiger partial charge in [0.05, 0.1) is 6.07 Å². The van der Waals surface area contributed by atoms with Gasteiger partial charge in [0, 0.05) is 18.8 Å². The standard InChI is InChI=1S/C6H7NO/c7-4-3-5-1-2-6(5)8/h5H,1-3H2. The molecule has 0 heterocycles. The lowest BCUT2D eigenvalue weighted by atomic mass is 9.82. The highest BCUT2D eigenvalue weighted by Gasteiger charge is 2.26. The number of rotatable bonds is 1. The molecule has 1 aliphatic carbocycles. The molecule has 0 radical (unpaired) electrons. The number of nitriles is 1. The zero-order valence-corrected chi connectivity index (χ0v) is 4.55. The molecule has 0 saturated heterocycles. The van der Waals surface area contributed by atoms with Crippen LogP contribution in [0.2, 0.25) is 0 Å². The topological polar surface area (TPSA) is 40.9 Å². The molecule has 1 aliphatic rings. The van der Waals surface area contributed by atoms with Gasteiger partial charge >= 0.3 is 0 Å². The van der Waals surface area contributed by atoms with Crippen LogP contribution in [0.3, 0.4) is 0 Å². The fourth-order valence-electron chi connectivity index (χ4n) is 0.792. The summed E-state index contributed by atoms with van der Waals surface area (Å²) in [5.41, 5.74) is 0. The van der Waals surface area contributed by atoms with E-state index < -0.39 is 0 Å². The Balaban J connectivity index is 2.30. The highest BCUT2D eigenvalue weighted by molar-refractivity contribution is 5.86. The van der Waals surface area contributed by atoms with E-state index in [1.54, 1.807) is 0 Å². The summed E-state index contributed by atoms with van der Waals surface area (Å²) in [4.78, 5) is 10.5. The molecule has 1 saturated carbocycles. The van der Waals surface area contributed by atoms with Crippen LogP contribution in [-0.2, 0) is 4.79 Å². The second-order valence-electron chi connectivity index (χ2n) is 2.06. The molecule has 1 unspecified atom stereocenters. The summed E-state index contributed by atoms with van der Waals surface area (Å²) in [6.07, 6.45) is 2.07. The summed E-state index contributed by atoms with van der Waals surface area (Å²) in [7, 11) is 0. The van der Waals surface area contributed by atoms with E-state index in [0.29, 0.717) is 12.8 Å². The fourth-order valence-corrected chi connectivity index (χ4v) is 0.792. The Morgan fingerprint density at radius 1 is 1.88 bits per heavy atom. The number of Topliss-reactive ketones (excluding diaryl/α,β-unsaturated/α-hetero) is 1. The molecule has 0 amide bonds. The Hall–Kier alpha value is -0.840. The van der Waals surface area contributed by atoms with Gasteiger partial charge in [-0.3, -0.25) is 4.79 Å². The van der Waals surface area contributed by atoms with E-state index in [1.807, 2.05) is 6.07 Å². The van der Waals surface area contributed by atoms with Crippen molar-refractivity contribution in [3.05, 3.63) is 0 Å². The molecule has 2 heteroatoms. The van der Waals surface area contributed by atoms with Crippen LogP contribution in [-0.4, -0.2) is 5.78 Å². The Labute approximate surface area is 48.1 Å². The first kappa shape index (κ1) is 5.30. The van der Waals surface area contributed by atoms with Crippen LogP contribution in [0, 0.1) is 17.2 Å². The van der Waals surface area contributed by atoms with E-state index in [2.05, 4.69) is 0 Å². The maximum atomic E-state index is 10.5. The molecular weight excluding hydrogens is 102 g/mol. The van der Waals surface area contributed by atoms with Gasteiger partial charge in [0.2, 0.25) is 0 Å². The molecule has 1 rings (SSSR count). The number of carbonyl (C=O) groups is 1. The third-order valence-corrected chi connectivity index (χ3v) is 1.53. The van der Waals surface area contributed by atoms with Crippen molar-refractivity contribution in [3.63, 3.8) is 0 Å². The second-order valence-corrected chi connectivity index (χ2v) is 2.06. The highest BCUT2D eigenvalue weighted by atomic mass is 16.1. The Bertz CT molecular complexity index is 145. The van der Waals surface area contributed by atoms with Gasteiger partial charge in [-0.25, -0.2) is 0 Å². The summed E-state index contributed by atoms with van der Waals surface area (Å²) in [5.74, 6) is 0.367. The minimum atomic E-state index is 0.0972. The number of hydrogen-bond donors (Lipinski definition) is 0. The van der Waals surface area contributed by atoms with Crippen LogP contribution in [0.1, 0.15) is 19.3 Å². The molecule has 42 valence electrons. The van der Waals surface area contributed by atoms with Gasteiger partial charge in [0.1, 0.15) is 5.78 Å². The van der Waals surface area contributed by atoms with Crippen molar-refractivity contribution >= 4 is 5.78 Å². The summed E-state index contributed by atoms with van der Waals surface area (Å²) < 4.78 is 0. The average molecular weight is 109 g/mol. The van der Waals surface area contributed by atoms with Crippen molar-refractivity contribution in [1.82, 2.24) is 0 Å². The predicted molar refractivity (Wildman–Crippen MR) is 28.0 cm³/mol. The first-order valence-electron chi connectivity index (χ1n) is 2.74. The van der Waals surface area contributed by atoms with E-state index >= 15 is 0 Å². The molecule has 8 heavy (non-hydrogen) atoms. The molecule has 1 fully saturated rings. The zero-order valence-electron chi connectivity index (χ0n) is 4.55. The molecule has 0 aromatic rings. The highest BCUT2D eigenvalue weighted by Crippen LogP contribution is 2.24. The van der Waals surface area contributed by atoms with Gasteiger partial charge in [-0.1, -0.05) is 0 Å². The Morgan fingerprint density at radius 2 is 2.62 bits per heavy atom. The maximum Gasteiger partial charge on any atom is 0.137 e. The van der Waals surface area contributed by atoms with Crippen LogP contribution in [0.15, 0.2) is 0 Å². The van der Waals surface area contributed by atoms with Crippen molar-refractivity contribution in [1.29, 1.82) is 5.26 Å². The number of ketones is 1. The minimum absolute atomic E-state index is 0.0972. The predicted octanol–water partition coefficient (Wildman–Crippen LogP) is 0.879. The molecule has 0 spiro atoms. The average Bonchev–Trinajstić information content (AvgIpc) is 1.79. The SMILES string of the molecule is N#CCC1CCC1=O. The lowest BCUT2D eigenvalue weighted by molar-refractivity contribution is -0.128. The van der Waals surface area contributed by atoms with Crippen LogP contribution < -0.4 is 0 Å². The molecule has 0 aromatic heterocycles. The normalized spacial score (nSPS) is 26.4. The van der Waals surface area contributed by atoms with Crippen molar-refractivity contribution in [2.45, 2.75) is 19.3 Å². The van der Waals surface area contributed by atoms with E-state index in [1.165, 1.54) is 0 Å². The van der Waals surface area contributed by atoms with Gasteiger partial charge in [-0.2, -0.15) is 5.26 Å². The molecule has 2 nitrogen and oxygen atoms in total. The van der Waals surface area contributed by atoms with E-state index in [9.17, 15) is 4.79 Å². The Kier molecular flexibility index (Phi) is 1.29. The van der Waals surface area contributed by atoms with Crippen LogP contribution in [0.5, 0.6) is 0 Å². The zero-order chi connectivity index (χ0) is 5.98. The molecule has 1 atom stereocenters. The third-order valence-electron chi connectivity index (χ3n) is 1.53. The maximum absolute atomic E-state index is 10.5. The van der Waals surface area contributed by atoms with Crippen molar-refractivity contribution < 1.29 is 4.79 Å². The van der Waals surface area contributed by atoms with E-state index in [-0.39, 0.29) is 11.7 Å². The summed E-state index contributed by atoms with van der Waals surface area (Å²) in [6, 6.07) is 1.98. The second kappa shape index (κ2) is 1.95. The van der Waals surface area contributed by atoms with Crippen molar-refractivity contribution in [3.8, 4) is 6.07 Å². The van der Waals surface area contributed by atoms with Gasteiger partial charge in [0.15, 0.2) is 0 Å². The first-order valence-corrected chi connectivity index (χ1v) is 2.74. The number of hydrogen-bond acceptors (Lipinski definition) is 2. The third kappa shape index (κ3) is 0.717. The van der Waals surface area contributed by atoms with Gasteiger partial charge in [-0.05, 0) is 6.42 Å². The van der Waals surface area contributed by atoms with E-state index in [4.69, 9.17) is 5.26 Å². The largest absolute Gasteiger partial charge is 0.299 e. The fraction of sp³-hybridized carbons (Fsp3) is 0.667. The van der Waals surface area contributed by atoms with Crippen LogP contribution in [0.4, 0.5) is 0 Å². The number of carbonyl (C=O) groups excluding carboxylic acids is 1. The lowest BCUT2D eigenvalue weighted by Gasteiger charge is -2.19. The first-order chi connectivity index (χ1) is 3.84. The van der Waals surface area contributed by atoms with Crippen LogP contribution >= 0.6 is 0 Å². The lowest BCUT2D eigenvalue weighted by Crippen LogP contribution is -2.24. The van der Waals surface area contributed by atoms with Gasteiger partial charge < -0.3 is 0 Å². The minimum Gasteiger partial charge on any atom is -0.299 e. The quantitative estimate of drug-likeness (QED) is 0.501. The Morgan fingerprint density at radius 3 is 2.75 bits per heavy atom. The summed E-state index contributed by atoms with van der Waals surface area (Å²) in [6.45, 7) is 0. The number of nitrogens with zero attached hydrogens (tertiary/aromatic N) is 1. The van der Waals surface area contributed by atoms with Crippen molar-refractivity contribution in [2.24, 2.45) is 5.92 Å². The van der Waals surface area contributed by atoms with Crippen molar-refractivity contribution in [2.75, 3.05) is 0 Å². The molecule has 0 N–H and O–H groups in total. The van der Waals surface area contributed by atoms with E-state index in [0.717, 1.165) is 6.42 Å². The summed E-state index contributed by atoms with van der Waals surface area (Å²) >= 11 is 0. The van der Waals surface area contributed by atoms with Crippen LogP contribution in [0.25, 0.3) is 0 Å². The smallest absolute Gasteiger partial charge is 0.137 e. The van der Waals surface area contributed by atoms with Gasteiger partial charge in [0.25, 0.3) is 0 Å². The molecular formula is C6H7NO. The molecule has 0 aliphatic heterocycles. The summed E-state index contributed by atoms with van der Waals surface area (Å²) in [5, 5.41) is 8.12. The van der Waals surface area contributed by atoms with Gasteiger partial charge in [-0.15, -0.1) is 0 Å². The molecule has 0 aromatic carbocycles. The molecule has 0 bridgehead atoms. The monoisotopic (exact) mass is 109 g/mol.